The van der Waals surface area contributed by atoms with E-state index in [1.807, 2.05) is 12.1 Å². The summed E-state index contributed by atoms with van der Waals surface area (Å²) in [5.74, 6) is 0.551. The smallest absolute Gasteiger partial charge is 0.0899 e. The van der Waals surface area contributed by atoms with Gasteiger partial charge < -0.3 is 10.0 Å². The third-order valence-electron chi connectivity index (χ3n) is 4.09. The molecular formula is C14H18ClNO. The van der Waals surface area contributed by atoms with Crippen LogP contribution in [0.4, 0.5) is 0 Å². The minimum absolute atomic E-state index is 0.551. The van der Waals surface area contributed by atoms with Crippen LogP contribution in [0.3, 0.4) is 0 Å². The Balaban J connectivity index is 1.86. The van der Waals surface area contributed by atoms with Crippen LogP contribution >= 0.6 is 11.6 Å². The molecule has 3 rings (SSSR count). The van der Waals surface area contributed by atoms with E-state index >= 15 is 0 Å². The molecule has 1 aromatic rings. The monoisotopic (exact) mass is 251 g/mol. The fourth-order valence-electron chi connectivity index (χ4n) is 2.74. The molecular weight excluding hydrogens is 234 g/mol. The van der Waals surface area contributed by atoms with Gasteiger partial charge in [0, 0.05) is 11.6 Å². The standard InChI is InChI=1S/C14H18ClNO/c1-16-7-4-10(9-16)12-3-2-11(8-13(12)15)14(17)5-6-14/h2-3,8,10,17H,4-7,9H2,1H3. The predicted octanol–water partition coefficient (Wildman–Crippen LogP) is 2.74. The fraction of sp³-hybridized carbons (Fsp3) is 0.571. The summed E-state index contributed by atoms with van der Waals surface area (Å²) in [5.41, 5.74) is 1.65. The second-order valence-corrected chi connectivity index (χ2v) is 5.92. The topological polar surface area (TPSA) is 23.5 Å². The van der Waals surface area contributed by atoms with Crippen LogP contribution in [0.1, 0.15) is 36.3 Å². The maximum Gasteiger partial charge on any atom is 0.0899 e. The summed E-state index contributed by atoms with van der Waals surface area (Å²) in [6.07, 6.45) is 2.92. The molecule has 1 N–H and O–H groups in total. The molecule has 1 aliphatic heterocycles. The van der Waals surface area contributed by atoms with Gasteiger partial charge in [0.1, 0.15) is 0 Å². The number of likely N-dealkylation sites (N-methyl/N-ethyl adjacent to an activating group) is 1. The number of likely N-dealkylation sites (tertiary alicyclic amines) is 1. The van der Waals surface area contributed by atoms with E-state index < -0.39 is 5.60 Å². The molecule has 0 amide bonds. The Labute approximate surface area is 107 Å². The molecule has 0 aromatic heterocycles. The maximum absolute atomic E-state index is 10.1. The molecule has 17 heavy (non-hydrogen) atoms. The Morgan fingerprint density at radius 1 is 1.41 bits per heavy atom. The Bertz CT molecular complexity index is 442. The van der Waals surface area contributed by atoms with Crippen molar-refractivity contribution in [1.82, 2.24) is 4.90 Å². The van der Waals surface area contributed by atoms with Crippen molar-refractivity contribution in [2.45, 2.75) is 30.8 Å². The van der Waals surface area contributed by atoms with Crippen LogP contribution in [-0.2, 0) is 5.60 Å². The van der Waals surface area contributed by atoms with Gasteiger partial charge in [0.2, 0.25) is 0 Å². The molecule has 2 fully saturated rings. The number of hydrogen-bond acceptors (Lipinski definition) is 2. The molecule has 1 heterocycles. The number of benzene rings is 1. The lowest BCUT2D eigenvalue weighted by Gasteiger charge is -2.15. The van der Waals surface area contributed by atoms with Gasteiger partial charge in [0.25, 0.3) is 0 Å². The highest BCUT2D eigenvalue weighted by Crippen LogP contribution is 2.46. The van der Waals surface area contributed by atoms with Gasteiger partial charge in [0.05, 0.1) is 5.60 Å². The summed E-state index contributed by atoms with van der Waals surface area (Å²) >= 11 is 6.36. The zero-order valence-corrected chi connectivity index (χ0v) is 10.9. The van der Waals surface area contributed by atoms with E-state index in [1.165, 1.54) is 12.0 Å². The first-order valence-electron chi connectivity index (χ1n) is 6.29. The van der Waals surface area contributed by atoms with Gasteiger partial charge in [-0.05, 0) is 56.0 Å². The molecule has 1 saturated carbocycles. The number of hydrogen-bond donors (Lipinski definition) is 1. The molecule has 0 radical (unpaired) electrons. The maximum atomic E-state index is 10.1. The lowest BCUT2D eigenvalue weighted by atomic mass is 9.95. The molecule has 1 atom stereocenters. The van der Waals surface area contributed by atoms with Crippen LogP contribution in [0.2, 0.25) is 5.02 Å². The van der Waals surface area contributed by atoms with E-state index in [2.05, 4.69) is 18.0 Å². The molecule has 2 aliphatic rings. The highest BCUT2D eigenvalue weighted by molar-refractivity contribution is 6.31. The summed E-state index contributed by atoms with van der Waals surface area (Å²) in [6, 6.07) is 6.12. The first-order valence-corrected chi connectivity index (χ1v) is 6.67. The van der Waals surface area contributed by atoms with Crippen LogP contribution in [0.15, 0.2) is 18.2 Å². The SMILES string of the molecule is CN1CCC(c2ccc(C3(O)CC3)cc2Cl)C1. The Morgan fingerprint density at radius 2 is 2.18 bits per heavy atom. The quantitative estimate of drug-likeness (QED) is 0.874. The van der Waals surface area contributed by atoms with Crippen LogP contribution in [0, 0.1) is 0 Å². The zero-order valence-electron chi connectivity index (χ0n) is 10.1. The summed E-state index contributed by atoms with van der Waals surface area (Å²) in [5, 5.41) is 10.9. The minimum atomic E-state index is -0.575. The summed E-state index contributed by atoms with van der Waals surface area (Å²) in [7, 11) is 2.15. The highest BCUT2D eigenvalue weighted by Gasteiger charge is 2.42. The Kier molecular flexibility index (Phi) is 2.69. The van der Waals surface area contributed by atoms with Crippen LogP contribution in [0.25, 0.3) is 0 Å². The van der Waals surface area contributed by atoms with Crippen molar-refractivity contribution in [3.63, 3.8) is 0 Å². The molecule has 1 unspecified atom stereocenters. The summed E-state index contributed by atoms with van der Waals surface area (Å²) < 4.78 is 0. The minimum Gasteiger partial charge on any atom is -0.385 e. The van der Waals surface area contributed by atoms with Crippen molar-refractivity contribution >= 4 is 11.6 Å². The van der Waals surface area contributed by atoms with Crippen molar-refractivity contribution in [1.29, 1.82) is 0 Å². The zero-order chi connectivity index (χ0) is 12.0. The van der Waals surface area contributed by atoms with E-state index in [0.29, 0.717) is 5.92 Å². The number of halogens is 1. The molecule has 1 saturated heterocycles. The molecule has 3 heteroatoms. The fourth-order valence-corrected chi connectivity index (χ4v) is 3.08. The molecule has 1 aromatic carbocycles. The average molecular weight is 252 g/mol. The lowest BCUT2D eigenvalue weighted by molar-refractivity contribution is 0.151. The van der Waals surface area contributed by atoms with E-state index in [-0.39, 0.29) is 0 Å². The van der Waals surface area contributed by atoms with Crippen molar-refractivity contribution in [3.8, 4) is 0 Å². The molecule has 92 valence electrons. The van der Waals surface area contributed by atoms with E-state index in [1.54, 1.807) is 0 Å². The van der Waals surface area contributed by atoms with Crippen LogP contribution < -0.4 is 0 Å². The largest absolute Gasteiger partial charge is 0.385 e. The van der Waals surface area contributed by atoms with E-state index in [0.717, 1.165) is 36.5 Å². The van der Waals surface area contributed by atoms with E-state index in [9.17, 15) is 5.11 Å². The highest BCUT2D eigenvalue weighted by atomic mass is 35.5. The molecule has 1 aliphatic carbocycles. The first-order chi connectivity index (χ1) is 8.08. The van der Waals surface area contributed by atoms with Crippen LogP contribution in [0.5, 0.6) is 0 Å². The van der Waals surface area contributed by atoms with Gasteiger partial charge in [0.15, 0.2) is 0 Å². The Morgan fingerprint density at radius 3 is 2.71 bits per heavy atom. The number of rotatable bonds is 2. The average Bonchev–Trinajstić information content (AvgIpc) is 2.90. The van der Waals surface area contributed by atoms with Gasteiger partial charge >= 0.3 is 0 Å². The van der Waals surface area contributed by atoms with Gasteiger partial charge in [-0.1, -0.05) is 23.7 Å². The van der Waals surface area contributed by atoms with Crippen molar-refractivity contribution < 1.29 is 5.11 Å². The van der Waals surface area contributed by atoms with Crippen molar-refractivity contribution in [3.05, 3.63) is 34.3 Å². The van der Waals surface area contributed by atoms with Crippen molar-refractivity contribution in [2.24, 2.45) is 0 Å². The molecule has 0 spiro atoms. The molecule has 0 bridgehead atoms. The van der Waals surface area contributed by atoms with Crippen molar-refractivity contribution in [2.75, 3.05) is 20.1 Å². The normalized spacial score (nSPS) is 27.4. The van der Waals surface area contributed by atoms with Gasteiger partial charge in [-0.25, -0.2) is 0 Å². The third kappa shape index (κ3) is 2.10. The third-order valence-corrected chi connectivity index (χ3v) is 4.42. The lowest BCUT2D eigenvalue weighted by Crippen LogP contribution is -2.13. The molecule has 2 nitrogen and oxygen atoms in total. The summed E-state index contributed by atoms with van der Waals surface area (Å²) in [4.78, 5) is 2.34. The second kappa shape index (κ2) is 3.98. The van der Waals surface area contributed by atoms with Gasteiger partial charge in [-0.3, -0.25) is 0 Å². The first kappa shape index (κ1) is 11.5. The predicted molar refractivity (Wildman–Crippen MR) is 69.4 cm³/mol. The Hall–Kier alpha value is -0.570. The van der Waals surface area contributed by atoms with Gasteiger partial charge in [-0.2, -0.15) is 0 Å². The number of nitrogens with zero attached hydrogens (tertiary/aromatic N) is 1. The van der Waals surface area contributed by atoms with E-state index in [4.69, 9.17) is 11.6 Å². The number of aliphatic hydroxyl groups is 1. The van der Waals surface area contributed by atoms with Crippen LogP contribution in [-0.4, -0.2) is 30.1 Å². The second-order valence-electron chi connectivity index (χ2n) is 5.52. The summed E-state index contributed by atoms with van der Waals surface area (Å²) in [6.45, 7) is 2.23. The van der Waals surface area contributed by atoms with Gasteiger partial charge in [-0.15, -0.1) is 0 Å².